The van der Waals surface area contributed by atoms with E-state index in [0.717, 1.165) is 0 Å². The second kappa shape index (κ2) is 4.44. The van der Waals surface area contributed by atoms with Crippen LogP contribution in [0, 0.1) is 0 Å². The summed E-state index contributed by atoms with van der Waals surface area (Å²) in [5, 5.41) is 8.99. The molecule has 0 heterocycles. The molecule has 0 saturated carbocycles. The molecule has 0 unspecified atom stereocenters. The Hall–Kier alpha value is -1.06. The number of carboxylic acid groups (broad SMARTS) is 1. The minimum atomic E-state index is -1.49. The first-order valence-corrected chi connectivity index (χ1v) is 4.47. The van der Waals surface area contributed by atoms with E-state index in [1.165, 1.54) is 0 Å². The number of Topliss-reactive ketones (excluding diaryl/α,β-unsaturated/α-hetero) is 1. The van der Waals surface area contributed by atoms with Gasteiger partial charge in [-0.05, 0) is 17.7 Å². The third-order valence-electron chi connectivity index (χ3n) is 1.64. The fourth-order valence-corrected chi connectivity index (χ4v) is 1.47. The Morgan fingerprint density at radius 3 is 2.14 bits per heavy atom. The monoisotopic (exact) mass is 232 g/mol. The smallest absolute Gasteiger partial charge is 0.372 e. The van der Waals surface area contributed by atoms with Gasteiger partial charge in [0.2, 0.25) is 5.78 Å². The van der Waals surface area contributed by atoms with Crippen molar-refractivity contribution in [3.63, 3.8) is 0 Å². The lowest BCUT2D eigenvalue weighted by Gasteiger charge is -2.03. The van der Waals surface area contributed by atoms with Gasteiger partial charge in [0.1, 0.15) is 0 Å². The third-order valence-corrected chi connectivity index (χ3v) is 2.35. The van der Waals surface area contributed by atoms with Gasteiger partial charge in [-0.15, -0.1) is 0 Å². The van der Waals surface area contributed by atoms with Crippen molar-refractivity contribution in [2.45, 2.75) is 6.42 Å². The second-order valence-corrected chi connectivity index (χ2v) is 3.42. The SMILES string of the molecule is O=C(O)C(=O)Cc1c(Cl)cccc1Cl. The molecule has 0 aliphatic heterocycles. The first-order valence-electron chi connectivity index (χ1n) is 3.71. The Morgan fingerprint density at radius 2 is 1.71 bits per heavy atom. The largest absolute Gasteiger partial charge is 0.475 e. The fraction of sp³-hybridized carbons (Fsp3) is 0.111. The minimum Gasteiger partial charge on any atom is -0.475 e. The number of hydrogen-bond acceptors (Lipinski definition) is 2. The van der Waals surface area contributed by atoms with E-state index < -0.39 is 11.8 Å². The van der Waals surface area contributed by atoms with E-state index in [-0.39, 0.29) is 6.42 Å². The van der Waals surface area contributed by atoms with E-state index in [9.17, 15) is 9.59 Å². The third kappa shape index (κ3) is 2.47. The summed E-state index contributed by atoms with van der Waals surface area (Å²) in [6, 6.07) is 4.73. The van der Waals surface area contributed by atoms with Gasteiger partial charge >= 0.3 is 5.97 Å². The lowest BCUT2D eigenvalue weighted by Crippen LogP contribution is -2.15. The van der Waals surface area contributed by atoms with Crippen molar-refractivity contribution < 1.29 is 14.7 Å². The standard InChI is InChI=1S/C9H6Cl2O3/c10-6-2-1-3-7(11)5(6)4-8(12)9(13)14/h1-3H,4H2,(H,13,14). The minimum absolute atomic E-state index is 0.284. The number of carboxylic acids is 1. The van der Waals surface area contributed by atoms with Gasteiger partial charge in [0.15, 0.2) is 0 Å². The van der Waals surface area contributed by atoms with Gasteiger partial charge in [-0.2, -0.15) is 0 Å². The number of rotatable bonds is 3. The van der Waals surface area contributed by atoms with Crippen molar-refractivity contribution in [1.82, 2.24) is 0 Å². The van der Waals surface area contributed by atoms with Gasteiger partial charge in [-0.3, -0.25) is 4.79 Å². The van der Waals surface area contributed by atoms with Gasteiger partial charge in [0, 0.05) is 16.5 Å². The Kier molecular flexibility index (Phi) is 3.49. The summed E-state index contributed by atoms with van der Waals surface area (Å²) in [4.78, 5) is 21.2. The van der Waals surface area contributed by atoms with E-state index >= 15 is 0 Å². The number of halogens is 2. The number of carbonyl (C=O) groups excluding carboxylic acids is 1. The molecule has 74 valence electrons. The maximum Gasteiger partial charge on any atom is 0.372 e. The van der Waals surface area contributed by atoms with Crippen LogP contribution in [0.5, 0.6) is 0 Å². The molecule has 0 aliphatic carbocycles. The maximum absolute atomic E-state index is 10.9. The molecule has 1 rings (SSSR count). The van der Waals surface area contributed by atoms with Crippen LogP contribution in [0.25, 0.3) is 0 Å². The van der Waals surface area contributed by atoms with Crippen molar-refractivity contribution in [2.24, 2.45) is 0 Å². The lowest BCUT2D eigenvalue weighted by molar-refractivity contribution is -0.148. The summed E-state index contributed by atoms with van der Waals surface area (Å²) >= 11 is 11.5. The molecule has 0 aromatic heterocycles. The number of aliphatic carboxylic acids is 1. The molecule has 0 saturated heterocycles. The van der Waals surface area contributed by atoms with Gasteiger partial charge in [0.05, 0.1) is 0 Å². The van der Waals surface area contributed by atoms with Crippen LogP contribution in [0.4, 0.5) is 0 Å². The van der Waals surface area contributed by atoms with Crippen LogP contribution in [0.2, 0.25) is 10.0 Å². The number of benzene rings is 1. The Bertz CT molecular complexity index is 367. The van der Waals surface area contributed by atoms with Crippen LogP contribution in [0.1, 0.15) is 5.56 Å². The van der Waals surface area contributed by atoms with Gasteiger partial charge in [-0.1, -0.05) is 29.3 Å². The van der Waals surface area contributed by atoms with Crippen LogP contribution in [-0.2, 0) is 16.0 Å². The quantitative estimate of drug-likeness (QED) is 0.814. The predicted octanol–water partition coefficient (Wildman–Crippen LogP) is 2.19. The first kappa shape index (κ1) is 11.0. The maximum atomic E-state index is 10.9. The molecule has 0 atom stereocenters. The molecule has 1 N–H and O–H groups in total. The van der Waals surface area contributed by atoms with Gasteiger partial charge < -0.3 is 5.11 Å². The van der Waals surface area contributed by atoms with Crippen LogP contribution in [0.15, 0.2) is 18.2 Å². The molecule has 0 fully saturated rings. The fourth-order valence-electron chi connectivity index (χ4n) is 0.937. The molecule has 0 amide bonds. The summed E-state index contributed by atoms with van der Waals surface area (Å²) in [5.74, 6) is -2.42. The highest BCUT2D eigenvalue weighted by Crippen LogP contribution is 2.24. The van der Waals surface area contributed by atoms with Crippen LogP contribution in [-0.4, -0.2) is 16.9 Å². The van der Waals surface area contributed by atoms with Crippen LogP contribution < -0.4 is 0 Å². The zero-order valence-electron chi connectivity index (χ0n) is 6.96. The van der Waals surface area contributed by atoms with E-state index in [2.05, 4.69) is 0 Å². The first-order chi connectivity index (χ1) is 6.52. The van der Waals surface area contributed by atoms with Crippen LogP contribution >= 0.6 is 23.2 Å². The summed E-state index contributed by atoms with van der Waals surface area (Å²) in [6.07, 6.45) is -0.284. The summed E-state index contributed by atoms with van der Waals surface area (Å²) < 4.78 is 0. The van der Waals surface area contributed by atoms with Gasteiger partial charge in [0.25, 0.3) is 0 Å². The molecule has 5 heteroatoms. The number of hydrogen-bond donors (Lipinski definition) is 1. The van der Waals surface area contributed by atoms with Crippen molar-refractivity contribution in [3.8, 4) is 0 Å². The highest BCUT2D eigenvalue weighted by Gasteiger charge is 2.16. The number of ketones is 1. The molecule has 0 spiro atoms. The Balaban J connectivity index is 2.97. The Morgan fingerprint density at radius 1 is 1.21 bits per heavy atom. The van der Waals surface area contributed by atoms with Crippen LogP contribution in [0.3, 0.4) is 0 Å². The summed E-state index contributed by atoms with van der Waals surface area (Å²) in [5.41, 5.74) is 0.350. The summed E-state index contributed by atoms with van der Waals surface area (Å²) in [7, 11) is 0. The molecule has 14 heavy (non-hydrogen) atoms. The highest BCUT2D eigenvalue weighted by atomic mass is 35.5. The van der Waals surface area contributed by atoms with Crippen molar-refractivity contribution in [3.05, 3.63) is 33.8 Å². The van der Waals surface area contributed by atoms with Crippen molar-refractivity contribution in [1.29, 1.82) is 0 Å². The average molecular weight is 233 g/mol. The zero-order valence-corrected chi connectivity index (χ0v) is 8.47. The molecule has 1 aromatic carbocycles. The topological polar surface area (TPSA) is 54.4 Å². The van der Waals surface area contributed by atoms with E-state index in [1.54, 1.807) is 18.2 Å². The molecule has 0 radical (unpaired) electrons. The van der Waals surface area contributed by atoms with E-state index in [4.69, 9.17) is 28.3 Å². The molecular weight excluding hydrogens is 227 g/mol. The predicted molar refractivity (Wildman–Crippen MR) is 52.8 cm³/mol. The highest BCUT2D eigenvalue weighted by molar-refractivity contribution is 6.38. The van der Waals surface area contributed by atoms with Crippen molar-refractivity contribution >= 4 is 35.0 Å². The normalized spacial score (nSPS) is 9.86. The van der Waals surface area contributed by atoms with Crippen molar-refractivity contribution in [2.75, 3.05) is 0 Å². The van der Waals surface area contributed by atoms with E-state index in [0.29, 0.717) is 15.6 Å². The number of carbonyl (C=O) groups is 2. The summed E-state index contributed by atoms with van der Waals surface area (Å²) in [6.45, 7) is 0. The molecular formula is C9H6Cl2O3. The second-order valence-electron chi connectivity index (χ2n) is 2.61. The molecule has 0 aliphatic rings. The molecule has 0 bridgehead atoms. The average Bonchev–Trinajstić information content (AvgIpc) is 2.11. The zero-order chi connectivity index (χ0) is 10.7. The molecule has 1 aromatic rings. The lowest BCUT2D eigenvalue weighted by atomic mass is 10.1. The Labute approximate surface area is 90.3 Å². The van der Waals surface area contributed by atoms with E-state index in [1.807, 2.05) is 0 Å². The molecule has 3 nitrogen and oxygen atoms in total. The van der Waals surface area contributed by atoms with Gasteiger partial charge in [-0.25, -0.2) is 4.79 Å².